The number of hydrogen-bond acceptors (Lipinski definition) is 3. The number of amides is 2. The SMILES string of the molecule is CC(C)(C)NC(=O)CNC(=O)c1ccc(C#N)cc1. The minimum absolute atomic E-state index is 0.0733. The molecule has 100 valence electrons. The zero-order valence-corrected chi connectivity index (χ0v) is 11.3. The van der Waals surface area contributed by atoms with Gasteiger partial charge < -0.3 is 10.6 Å². The Balaban J connectivity index is 2.51. The van der Waals surface area contributed by atoms with Crippen molar-refractivity contribution in [2.45, 2.75) is 26.3 Å². The molecule has 19 heavy (non-hydrogen) atoms. The summed E-state index contributed by atoms with van der Waals surface area (Å²) in [5, 5.41) is 13.9. The monoisotopic (exact) mass is 259 g/mol. The number of benzene rings is 1. The van der Waals surface area contributed by atoms with Crippen LogP contribution in [0, 0.1) is 11.3 Å². The lowest BCUT2D eigenvalue weighted by molar-refractivity contribution is -0.121. The number of carbonyl (C=O) groups excluding carboxylic acids is 2. The molecule has 1 rings (SSSR count). The van der Waals surface area contributed by atoms with Crippen LogP contribution in [0.5, 0.6) is 0 Å². The molecule has 2 amide bonds. The first kappa shape index (κ1) is 14.7. The fraction of sp³-hybridized carbons (Fsp3) is 0.357. The van der Waals surface area contributed by atoms with Gasteiger partial charge in [-0.05, 0) is 45.0 Å². The van der Waals surface area contributed by atoms with Crippen LogP contribution in [0.3, 0.4) is 0 Å². The van der Waals surface area contributed by atoms with E-state index in [1.165, 1.54) is 0 Å². The van der Waals surface area contributed by atoms with Gasteiger partial charge in [0.15, 0.2) is 0 Å². The van der Waals surface area contributed by atoms with E-state index in [0.717, 1.165) is 0 Å². The molecule has 0 spiro atoms. The van der Waals surface area contributed by atoms with Crippen LogP contribution in [0.15, 0.2) is 24.3 Å². The van der Waals surface area contributed by atoms with Gasteiger partial charge in [0.2, 0.25) is 5.91 Å². The van der Waals surface area contributed by atoms with E-state index in [1.54, 1.807) is 24.3 Å². The fourth-order valence-electron chi connectivity index (χ4n) is 1.42. The standard InChI is InChI=1S/C14H17N3O2/c1-14(2,3)17-12(18)9-16-13(19)11-6-4-10(8-15)5-7-11/h4-7H,9H2,1-3H3,(H,16,19)(H,17,18). The number of carbonyl (C=O) groups is 2. The zero-order chi connectivity index (χ0) is 14.5. The van der Waals surface area contributed by atoms with Crippen molar-refractivity contribution in [2.75, 3.05) is 6.54 Å². The topological polar surface area (TPSA) is 82.0 Å². The van der Waals surface area contributed by atoms with Crippen molar-refractivity contribution >= 4 is 11.8 Å². The number of hydrogen-bond donors (Lipinski definition) is 2. The smallest absolute Gasteiger partial charge is 0.251 e. The van der Waals surface area contributed by atoms with Crippen LogP contribution in [-0.4, -0.2) is 23.9 Å². The highest BCUT2D eigenvalue weighted by atomic mass is 16.2. The van der Waals surface area contributed by atoms with E-state index in [2.05, 4.69) is 10.6 Å². The number of nitrogens with zero attached hydrogens (tertiary/aromatic N) is 1. The van der Waals surface area contributed by atoms with Crippen molar-refractivity contribution in [3.8, 4) is 6.07 Å². The molecule has 1 aromatic rings. The van der Waals surface area contributed by atoms with E-state index >= 15 is 0 Å². The second-order valence-electron chi connectivity index (χ2n) is 5.17. The molecular weight excluding hydrogens is 242 g/mol. The van der Waals surface area contributed by atoms with Gasteiger partial charge in [0.1, 0.15) is 0 Å². The van der Waals surface area contributed by atoms with Crippen molar-refractivity contribution in [2.24, 2.45) is 0 Å². The maximum Gasteiger partial charge on any atom is 0.251 e. The van der Waals surface area contributed by atoms with Crippen LogP contribution in [0.1, 0.15) is 36.7 Å². The minimum Gasteiger partial charge on any atom is -0.350 e. The van der Waals surface area contributed by atoms with Crippen LogP contribution >= 0.6 is 0 Å². The molecule has 0 fully saturated rings. The Morgan fingerprint density at radius 2 is 1.79 bits per heavy atom. The summed E-state index contributed by atoms with van der Waals surface area (Å²) in [4.78, 5) is 23.3. The first-order chi connectivity index (χ1) is 8.81. The molecule has 2 N–H and O–H groups in total. The summed E-state index contributed by atoms with van der Waals surface area (Å²) in [5.41, 5.74) is 0.584. The molecule has 0 aliphatic carbocycles. The molecule has 1 aromatic carbocycles. The Morgan fingerprint density at radius 3 is 2.26 bits per heavy atom. The maximum absolute atomic E-state index is 11.7. The molecule has 0 saturated carbocycles. The summed E-state index contributed by atoms with van der Waals surface area (Å²) in [6.45, 7) is 5.53. The van der Waals surface area contributed by atoms with Gasteiger partial charge in [-0.15, -0.1) is 0 Å². The first-order valence-corrected chi connectivity index (χ1v) is 5.91. The van der Waals surface area contributed by atoms with E-state index in [4.69, 9.17) is 5.26 Å². The molecule has 0 radical (unpaired) electrons. The van der Waals surface area contributed by atoms with Crippen molar-refractivity contribution in [3.63, 3.8) is 0 Å². The molecule has 5 heteroatoms. The molecule has 5 nitrogen and oxygen atoms in total. The van der Waals surface area contributed by atoms with Gasteiger partial charge in [0.05, 0.1) is 18.2 Å². The molecule has 0 atom stereocenters. The summed E-state index contributed by atoms with van der Waals surface area (Å²) in [6, 6.07) is 8.19. The number of nitrogens with one attached hydrogen (secondary N) is 2. The Bertz CT molecular complexity index is 507. The Hall–Kier alpha value is -2.35. The predicted octanol–water partition coefficient (Wildman–Crippen LogP) is 1.20. The lowest BCUT2D eigenvalue weighted by Gasteiger charge is -2.20. The van der Waals surface area contributed by atoms with Gasteiger partial charge in [-0.2, -0.15) is 5.26 Å². The van der Waals surface area contributed by atoms with E-state index in [9.17, 15) is 9.59 Å². The molecule has 0 heterocycles. The van der Waals surface area contributed by atoms with Crippen molar-refractivity contribution in [1.82, 2.24) is 10.6 Å². The summed E-state index contributed by atoms with van der Waals surface area (Å²) in [6.07, 6.45) is 0. The van der Waals surface area contributed by atoms with Gasteiger partial charge in [-0.3, -0.25) is 9.59 Å². The molecule has 0 aromatic heterocycles. The highest BCUT2D eigenvalue weighted by Gasteiger charge is 2.14. The normalized spacial score (nSPS) is 10.4. The van der Waals surface area contributed by atoms with Gasteiger partial charge in [-0.25, -0.2) is 0 Å². The van der Waals surface area contributed by atoms with Crippen LogP contribution in [-0.2, 0) is 4.79 Å². The average molecular weight is 259 g/mol. The van der Waals surface area contributed by atoms with E-state index in [0.29, 0.717) is 11.1 Å². The molecule has 0 unspecified atom stereocenters. The van der Waals surface area contributed by atoms with Crippen molar-refractivity contribution in [1.29, 1.82) is 5.26 Å². The van der Waals surface area contributed by atoms with Crippen molar-refractivity contribution < 1.29 is 9.59 Å². The van der Waals surface area contributed by atoms with E-state index in [1.807, 2.05) is 26.8 Å². The van der Waals surface area contributed by atoms with Gasteiger partial charge in [-0.1, -0.05) is 0 Å². The highest BCUT2D eigenvalue weighted by molar-refractivity contribution is 5.96. The molecular formula is C14H17N3O2. The number of rotatable bonds is 3. The van der Waals surface area contributed by atoms with Crippen LogP contribution in [0.2, 0.25) is 0 Å². The Morgan fingerprint density at radius 1 is 1.21 bits per heavy atom. The fourth-order valence-corrected chi connectivity index (χ4v) is 1.42. The maximum atomic E-state index is 11.7. The summed E-state index contributed by atoms with van der Waals surface area (Å²) in [5.74, 6) is -0.581. The minimum atomic E-state index is -0.339. The third kappa shape index (κ3) is 5.21. The van der Waals surface area contributed by atoms with Gasteiger partial charge in [0, 0.05) is 11.1 Å². The molecule has 0 aliphatic rings. The summed E-state index contributed by atoms with van der Waals surface area (Å²) >= 11 is 0. The molecule has 0 aliphatic heterocycles. The van der Waals surface area contributed by atoms with Crippen LogP contribution in [0.25, 0.3) is 0 Å². The second-order valence-corrected chi connectivity index (χ2v) is 5.17. The summed E-state index contributed by atoms with van der Waals surface area (Å²) in [7, 11) is 0. The van der Waals surface area contributed by atoms with Crippen LogP contribution in [0.4, 0.5) is 0 Å². The number of nitriles is 1. The lowest BCUT2D eigenvalue weighted by Crippen LogP contribution is -2.45. The third-order valence-corrected chi connectivity index (χ3v) is 2.20. The lowest BCUT2D eigenvalue weighted by atomic mass is 10.1. The highest BCUT2D eigenvalue weighted by Crippen LogP contribution is 2.03. The zero-order valence-electron chi connectivity index (χ0n) is 11.3. The van der Waals surface area contributed by atoms with E-state index < -0.39 is 0 Å². The Labute approximate surface area is 112 Å². The van der Waals surface area contributed by atoms with Crippen molar-refractivity contribution in [3.05, 3.63) is 35.4 Å². The summed E-state index contributed by atoms with van der Waals surface area (Å²) < 4.78 is 0. The Kier molecular flexibility index (Phi) is 4.65. The average Bonchev–Trinajstić information content (AvgIpc) is 2.34. The second kappa shape index (κ2) is 6.01. The quantitative estimate of drug-likeness (QED) is 0.855. The van der Waals surface area contributed by atoms with Crippen LogP contribution < -0.4 is 10.6 Å². The van der Waals surface area contributed by atoms with Gasteiger partial charge in [0.25, 0.3) is 5.91 Å². The molecule has 0 bridgehead atoms. The first-order valence-electron chi connectivity index (χ1n) is 5.91. The van der Waals surface area contributed by atoms with E-state index in [-0.39, 0.29) is 23.9 Å². The van der Waals surface area contributed by atoms with Gasteiger partial charge >= 0.3 is 0 Å². The predicted molar refractivity (Wildman–Crippen MR) is 71.4 cm³/mol. The third-order valence-electron chi connectivity index (χ3n) is 2.20. The largest absolute Gasteiger partial charge is 0.350 e. The molecule has 0 saturated heterocycles.